The number of nitro groups is 1. The van der Waals surface area contributed by atoms with Crippen molar-refractivity contribution < 1.29 is 9.72 Å². The molecule has 0 aliphatic heterocycles. The van der Waals surface area contributed by atoms with Gasteiger partial charge in [-0.2, -0.15) is 5.26 Å². The molecule has 7 heteroatoms. The number of nitriles is 1. The van der Waals surface area contributed by atoms with Gasteiger partial charge in [0.1, 0.15) is 11.6 Å². The quantitative estimate of drug-likeness (QED) is 0.164. The largest absolute Gasteiger partial charge is 0.345 e. The highest BCUT2D eigenvalue weighted by Crippen LogP contribution is 2.29. The first-order valence-electron chi connectivity index (χ1n) is 11.2. The zero-order valence-electron chi connectivity index (χ0n) is 19.4. The second-order valence-electron chi connectivity index (χ2n) is 8.30. The van der Waals surface area contributed by atoms with Gasteiger partial charge in [-0.25, -0.2) is 0 Å². The third-order valence-electron chi connectivity index (χ3n) is 6.07. The Morgan fingerprint density at radius 2 is 1.74 bits per heavy atom. The van der Waals surface area contributed by atoms with Crippen molar-refractivity contribution in [3.8, 4) is 6.07 Å². The Balaban J connectivity index is 1.68. The minimum Gasteiger partial charge on any atom is -0.345 e. The van der Waals surface area contributed by atoms with E-state index in [1.807, 2.05) is 68.4 Å². The van der Waals surface area contributed by atoms with E-state index in [0.29, 0.717) is 6.54 Å². The Bertz CT molecular complexity index is 1460. The van der Waals surface area contributed by atoms with Gasteiger partial charge in [0.05, 0.1) is 11.0 Å². The van der Waals surface area contributed by atoms with Crippen molar-refractivity contribution in [1.29, 1.82) is 5.26 Å². The molecule has 4 aromatic rings. The Morgan fingerprint density at radius 1 is 1.09 bits per heavy atom. The van der Waals surface area contributed by atoms with Crippen molar-refractivity contribution >= 4 is 28.6 Å². The van der Waals surface area contributed by atoms with Gasteiger partial charge in [0.2, 0.25) is 0 Å². The number of nitrogens with zero attached hydrogens (tertiary/aromatic N) is 3. The van der Waals surface area contributed by atoms with Crippen LogP contribution in [0, 0.1) is 28.4 Å². The molecular formula is C28H24N4O3. The van der Waals surface area contributed by atoms with Crippen LogP contribution in [0.2, 0.25) is 0 Å². The summed E-state index contributed by atoms with van der Waals surface area (Å²) < 4.78 is 2.09. The number of nitrogens with one attached hydrogen (secondary N) is 1. The molecule has 4 rings (SSSR count). The summed E-state index contributed by atoms with van der Waals surface area (Å²) in [5, 5.41) is 24.6. The van der Waals surface area contributed by atoms with Crippen LogP contribution in [-0.4, -0.2) is 15.4 Å². The van der Waals surface area contributed by atoms with Gasteiger partial charge in [-0.3, -0.25) is 14.9 Å². The molecule has 0 radical (unpaired) electrons. The van der Waals surface area contributed by atoms with E-state index in [9.17, 15) is 20.2 Å². The fourth-order valence-electron chi connectivity index (χ4n) is 4.14. The van der Waals surface area contributed by atoms with Gasteiger partial charge in [-0.1, -0.05) is 60.7 Å². The molecule has 35 heavy (non-hydrogen) atoms. The highest BCUT2D eigenvalue weighted by Gasteiger charge is 2.18. The summed E-state index contributed by atoms with van der Waals surface area (Å²) in [6.07, 6.45) is 1.64. The van der Waals surface area contributed by atoms with Crippen LogP contribution in [0.15, 0.2) is 84.4 Å². The molecule has 1 atom stereocenters. The molecule has 3 aromatic carbocycles. The van der Waals surface area contributed by atoms with Crippen LogP contribution >= 0.6 is 0 Å². The summed E-state index contributed by atoms with van der Waals surface area (Å²) in [7, 11) is 0. The predicted molar refractivity (Wildman–Crippen MR) is 135 cm³/mol. The zero-order valence-corrected chi connectivity index (χ0v) is 19.4. The number of carbonyl (C=O) groups is 1. The van der Waals surface area contributed by atoms with Crippen LogP contribution in [0.3, 0.4) is 0 Å². The van der Waals surface area contributed by atoms with Crippen molar-refractivity contribution in [2.75, 3.05) is 0 Å². The second-order valence-corrected chi connectivity index (χ2v) is 8.30. The Hall–Kier alpha value is -4.70. The minimum atomic E-state index is -0.435. The van der Waals surface area contributed by atoms with E-state index in [4.69, 9.17) is 0 Å². The summed E-state index contributed by atoms with van der Waals surface area (Å²) in [6.45, 7) is 4.32. The van der Waals surface area contributed by atoms with E-state index in [2.05, 4.69) is 16.0 Å². The van der Waals surface area contributed by atoms with Gasteiger partial charge < -0.3 is 9.88 Å². The third-order valence-corrected chi connectivity index (χ3v) is 6.07. The Labute approximate surface area is 203 Å². The highest BCUT2D eigenvalue weighted by atomic mass is 16.6. The van der Waals surface area contributed by atoms with Crippen LogP contribution in [0.25, 0.3) is 17.0 Å². The molecule has 1 heterocycles. The first-order valence-corrected chi connectivity index (χ1v) is 11.2. The van der Waals surface area contributed by atoms with Crippen molar-refractivity contribution in [1.82, 2.24) is 9.88 Å². The summed E-state index contributed by atoms with van der Waals surface area (Å²) in [4.78, 5) is 23.5. The number of carbonyl (C=O) groups excluding carboxylic acids is 1. The van der Waals surface area contributed by atoms with Gasteiger partial charge in [-0.05, 0) is 37.1 Å². The molecule has 0 fully saturated rings. The topological polar surface area (TPSA) is 101 Å². The van der Waals surface area contributed by atoms with E-state index >= 15 is 0 Å². The maximum atomic E-state index is 12.9. The Kier molecular flexibility index (Phi) is 6.74. The van der Waals surface area contributed by atoms with Gasteiger partial charge in [0, 0.05) is 40.8 Å². The van der Waals surface area contributed by atoms with Gasteiger partial charge in [0.15, 0.2) is 0 Å². The first kappa shape index (κ1) is 23.5. The molecule has 1 aromatic heterocycles. The maximum absolute atomic E-state index is 12.9. The molecule has 0 aliphatic carbocycles. The average molecular weight is 465 g/mol. The number of hydrogen-bond acceptors (Lipinski definition) is 4. The average Bonchev–Trinajstić information content (AvgIpc) is 3.13. The molecule has 174 valence electrons. The zero-order chi connectivity index (χ0) is 24.9. The number of para-hydroxylation sites is 1. The number of hydrogen-bond donors (Lipinski definition) is 1. The normalized spacial score (nSPS) is 12.2. The second kappa shape index (κ2) is 10.1. The number of fused-ring (bicyclic) bond motifs is 1. The smallest absolute Gasteiger partial charge is 0.269 e. The molecular weight excluding hydrogens is 440 g/mol. The summed E-state index contributed by atoms with van der Waals surface area (Å²) in [5.74, 6) is -0.435. The lowest BCUT2D eigenvalue weighted by molar-refractivity contribution is -0.384. The third kappa shape index (κ3) is 4.97. The van der Waals surface area contributed by atoms with Crippen molar-refractivity contribution in [3.05, 3.63) is 117 Å². The number of rotatable bonds is 7. The molecule has 1 amide bonds. The van der Waals surface area contributed by atoms with Gasteiger partial charge in [-0.15, -0.1) is 0 Å². The number of aromatic nitrogens is 1. The lowest BCUT2D eigenvalue weighted by atomic mass is 10.1. The van der Waals surface area contributed by atoms with E-state index < -0.39 is 10.8 Å². The van der Waals surface area contributed by atoms with Crippen LogP contribution < -0.4 is 5.32 Å². The van der Waals surface area contributed by atoms with Crippen LogP contribution in [0.5, 0.6) is 0 Å². The van der Waals surface area contributed by atoms with E-state index in [1.54, 1.807) is 18.2 Å². The number of amides is 1. The van der Waals surface area contributed by atoms with Crippen molar-refractivity contribution in [3.63, 3.8) is 0 Å². The molecule has 0 saturated heterocycles. The summed E-state index contributed by atoms with van der Waals surface area (Å²) in [5.41, 5.74) is 4.56. The van der Waals surface area contributed by atoms with Crippen LogP contribution in [0.4, 0.5) is 5.69 Å². The summed E-state index contributed by atoms with van der Waals surface area (Å²) >= 11 is 0. The molecule has 0 aliphatic rings. The SMILES string of the molecule is Cc1c(/C=C(\C#N)C(=O)N[C@H](C)c2ccccc2)c2ccccc2n1Cc1ccc([N+](=O)[O-])cc1. The van der Waals surface area contributed by atoms with Crippen LogP contribution in [-0.2, 0) is 11.3 Å². The molecule has 0 bridgehead atoms. The van der Waals surface area contributed by atoms with Gasteiger partial charge >= 0.3 is 0 Å². The maximum Gasteiger partial charge on any atom is 0.269 e. The minimum absolute atomic E-state index is 0.0223. The molecule has 1 N–H and O–H groups in total. The molecule has 0 spiro atoms. The molecule has 7 nitrogen and oxygen atoms in total. The van der Waals surface area contributed by atoms with Crippen molar-refractivity contribution in [2.45, 2.75) is 26.4 Å². The van der Waals surface area contributed by atoms with E-state index in [0.717, 1.165) is 33.3 Å². The Morgan fingerprint density at radius 3 is 2.40 bits per heavy atom. The lowest BCUT2D eigenvalue weighted by Gasteiger charge is -2.13. The monoisotopic (exact) mass is 464 g/mol. The number of nitro benzene ring substituents is 1. The van der Waals surface area contributed by atoms with Gasteiger partial charge in [0.25, 0.3) is 11.6 Å². The molecule has 0 saturated carbocycles. The number of non-ortho nitro benzene ring substituents is 1. The van der Waals surface area contributed by atoms with Crippen LogP contribution in [0.1, 0.15) is 35.3 Å². The fraction of sp³-hybridized carbons (Fsp3) is 0.143. The highest BCUT2D eigenvalue weighted by molar-refractivity contribution is 6.04. The number of benzene rings is 3. The molecule has 0 unspecified atom stereocenters. The predicted octanol–water partition coefficient (Wildman–Crippen LogP) is 5.69. The van der Waals surface area contributed by atoms with E-state index in [-0.39, 0.29) is 17.3 Å². The first-order chi connectivity index (χ1) is 16.9. The van der Waals surface area contributed by atoms with E-state index in [1.165, 1.54) is 12.1 Å². The fourth-order valence-corrected chi connectivity index (χ4v) is 4.14. The summed E-state index contributed by atoms with van der Waals surface area (Å²) in [6, 6.07) is 25.6. The lowest BCUT2D eigenvalue weighted by Crippen LogP contribution is -2.27. The standard InChI is InChI=1S/C28H24N4O3/c1-19(22-8-4-3-5-9-22)30-28(33)23(17-29)16-26-20(2)31(27-11-7-6-10-25(26)27)18-21-12-14-24(15-13-21)32(34)35/h3-16,19H,18H2,1-2H3,(H,30,33)/b23-16+/t19-/m1/s1. The van der Waals surface area contributed by atoms with Crippen molar-refractivity contribution in [2.24, 2.45) is 0 Å².